The predicted molar refractivity (Wildman–Crippen MR) is 42.5 cm³/mol. The lowest BCUT2D eigenvalue weighted by molar-refractivity contribution is -0.00369. The van der Waals surface area contributed by atoms with Crippen LogP contribution in [0.3, 0.4) is 0 Å². The Morgan fingerprint density at radius 2 is 2.50 bits per heavy atom. The number of aromatic nitrogens is 1. The molecule has 0 amide bonds. The van der Waals surface area contributed by atoms with Crippen molar-refractivity contribution in [2.24, 2.45) is 0 Å². The fraction of sp³-hybridized carbons (Fsp3) is 0.625. The highest BCUT2D eigenvalue weighted by Crippen LogP contribution is 2.14. The van der Waals surface area contributed by atoms with Crippen LogP contribution in [0.25, 0.3) is 0 Å². The molecule has 0 bridgehead atoms. The van der Waals surface area contributed by atoms with Gasteiger partial charge in [0.25, 0.3) is 0 Å². The molecule has 0 atom stereocenters. The van der Waals surface area contributed by atoms with Gasteiger partial charge in [0, 0.05) is 19.6 Å². The minimum absolute atomic E-state index is 0.141. The first-order chi connectivity index (χ1) is 5.75. The average Bonchev–Trinajstić information content (AvgIpc) is 2.33. The molecule has 0 aliphatic carbocycles. The Morgan fingerprint density at radius 3 is 3.00 bits per heavy atom. The van der Waals surface area contributed by atoms with Gasteiger partial charge < -0.3 is 9.52 Å². The van der Waals surface area contributed by atoms with Gasteiger partial charge in [-0.15, -0.1) is 0 Å². The minimum atomic E-state index is -0.141. The van der Waals surface area contributed by atoms with Gasteiger partial charge in [-0.25, -0.2) is 4.98 Å². The Kier molecular flexibility index (Phi) is 1.86. The summed E-state index contributed by atoms with van der Waals surface area (Å²) < 4.78 is 5.06. The first-order valence-electron chi connectivity index (χ1n) is 4.05. The van der Waals surface area contributed by atoms with Gasteiger partial charge in [0.1, 0.15) is 5.76 Å². The Hall–Kier alpha value is -0.870. The molecule has 4 heteroatoms. The Bertz CT molecular complexity index is 266. The Labute approximate surface area is 70.8 Å². The maximum absolute atomic E-state index is 9.03. The van der Waals surface area contributed by atoms with Crippen LogP contribution in [0.15, 0.2) is 10.8 Å². The topological polar surface area (TPSA) is 49.5 Å². The number of aliphatic hydroxyl groups is 1. The first-order valence-corrected chi connectivity index (χ1v) is 4.05. The van der Waals surface area contributed by atoms with E-state index in [-0.39, 0.29) is 6.10 Å². The molecule has 0 radical (unpaired) electrons. The van der Waals surface area contributed by atoms with Crippen LogP contribution in [0.1, 0.15) is 11.5 Å². The molecule has 0 aromatic carbocycles. The summed E-state index contributed by atoms with van der Waals surface area (Å²) in [6, 6.07) is 0. The molecule has 66 valence electrons. The smallest absolute Gasteiger partial charge is 0.181 e. The lowest BCUT2D eigenvalue weighted by atomic mass is 10.1. The van der Waals surface area contributed by atoms with E-state index in [1.165, 1.54) is 6.39 Å². The van der Waals surface area contributed by atoms with Crippen LogP contribution in [-0.4, -0.2) is 34.2 Å². The van der Waals surface area contributed by atoms with Crippen LogP contribution in [0.2, 0.25) is 0 Å². The number of hydrogen-bond donors (Lipinski definition) is 1. The van der Waals surface area contributed by atoms with Crippen LogP contribution in [-0.2, 0) is 6.54 Å². The molecule has 1 aromatic heterocycles. The zero-order chi connectivity index (χ0) is 8.55. The molecule has 1 aromatic rings. The van der Waals surface area contributed by atoms with E-state index in [9.17, 15) is 0 Å². The third-order valence-electron chi connectivity index (χ3n) is 2.16. The van der Waals surface area contributed by atoms with Gasteiger partial charge >= 0.3 is 0 Å². The third kappa shape index (κ3) is 1.35. The molecule has 1 aliphatic heterocycles. The van der Waals surface area contributed by atoms with Crippen molar-refractivity contribution in [3.63, 3.8) is 0 Å². The van der Waals surface area contributed by atoms with Crippen molar-refractivity contribution in [2.75, 3.05) is 13.1 Å². The van der Waals surface area contributed by atoms with Crippen molar-refractivity contribution >= 4 is 0 Å². The van der Waals surface area contributed by atoms with Gasteiger partial charge in [0.05, 0.1) is 11.8 Å². The largest absolute Gasteiger partial charge is 0.448 e. The second kappa shape index (κ2) is 2.88. The van der Waals surface area contributed by atoms with Crippen LogP contribution in [0.5, 0.6) is 0 Å². The standard InChI is InChI=1S/C8H12N2O2/c1-6-8(9-5-12-6)4-10-2-7(11)3-10/h5,7,11H,2-4H2,1H3. The van der Waals surface area contributed by atoms with Crippen LogP contribution in [0.4, 0.5) is 0 Å². The molecule has 4 nitrogen and oxygen atoms in total. The van der Waals surface area contributed by atoms with Crippen LogP contribution < -0.4 is 0 Å². The van der Waals surface area contributed by atoms with E-state index >= 15 is 0 Å². The van der Waals surface area contributed by atoms with E-state index < -0.39 is 0 Å². The van der Waals surface area contributed by atoms with E-state index in [1.807, 2.05) is 6.92 Å². The summed E-state index contributed by atoms with van der Waals surface area (Å²) in [5.41, 5.74) is 0.974. The zero-order valence-electron chi connectivity index (χ0n) is 7.03. The first kappa shape index (κ1) is 7.76. The highest BCUT2D eigenvalue weighted by atomic mass is 16.3. The summed E-state index contributed by atoms with van der Waals surface area (Å²) in [5.74, 6) is 0.872. The van der Waals surface area contributed by atoms with Gasteiger partial charge in [-0.3, -0.25) is 4.90 Å². The average molecular weight is 168 g/mol. The number of likely N-dealkylation sites (tertiary alicyclic amines) is 1. The number of nitrogens with zero attached hydrogens (tertiary/aromatic N) is 2. The molecule has 2 rings (SSSR count). The fourth-order valence-corrected chi connectivity index (χ4v) is 1.36. The van der Waals surface area contributed by atoms with Crippen molar-refractivity contribution in [1.82, 2.24) is 9.88 Å². The number of oxazole rings is 1. The summed E-state index contributed by atoms with van der Waals surface area (Å²) in [4.78, 5) is 6.21. The maximum Gasteiger partial charge on any atom is 0.181 e. The summed E-state index contributed by atoms with van der Waals surface area (Å²) in [7, 11) is 0. The molecule has 0 saturated carbocycles. The summed E-state index contributed by atoms with van der Waals surface area (Å²) in [6.07, 6.45) is 1.32. The number of rotatable bonds is 2. The van der Waals surface area contributed by atoms with E-state index in [4.69, 9.17) is 9.52 Å². The molecular weight excluding hydrogens is 156 g/mol. The highest BCUT2D eigenvalue weighted by molar-refractivity contribution is 5.05. The normalized spacial score (nSPS) is 19.5. The summed E-state index contributed by atoms with van der Waals surface area (Å²) in [6.45, 7) is 4.20. The molecule has 1 saturated heterocycles. The van der Waals surface area contributed by atoms with Crippen molar-refractivity contribution < 1.29 is 9.52 Å². The molecule has 2 heterocycles. The van der Waals surface area contributed by atoms with Crippen molar-refractivity contribution in [1.29, 1.82) is 0 Å². The predicted octanol–water partition coefficient (Wildman–Crippen LogP) is 0.160. The minimum Gasteiger partial charge on any atom is -0.448 e. The molecule has 1 fully saturated rings. The second-order valence-electron chi connectivity index (χ2n) is 3.20. The lowest BCUT2D eigenvalue weighted by Crippen LogP contribution is -2.49. The molecule has 1 N–H and O–H groups in total. The van der Waals surface area contributed by atoms with Crippen LogP contribution in [0, 0.1) is 6.92 Å². The molecular formula is C8H12N2O2. The van der Waals surface area contributed by atoms with E-state index in [2.05, 4.69) is 9.88 Å². The highest BCUT2D eigenvalue weighted by Gasteiger charge is 2.25. The van der Waals surface area contributed by atoms with E-state index in [1.54, 1.807) is 0 Å². The fourth-order valence-electron chi connectivity index (χ4n) is 1.36. The lowest BCUT2D eigenvalue weighted by Gasteiger charge is -2.35. The second-order valence-corrected chi connectivity index (χ2v) is 3.20. The maximum atomic E-state index is 9.03. The summed E-state index contributed by atoms with van der Waals surface area (Å²) >= 11 is 0. The quantitative estimate of drug-likeness (QED) is 0.683. The van der Waals surface area contributed by atoms with Gasteiger partial charge in [-0.1, -0.05) is 0 Å². The number of β-amino-alcohol motifs (C(OH)–C–C–N with tert-alkyl or cyclic N) is 1. The van der Waals surface area contributed by atoms with Crippen molar-refractivity contribution in [3.8, 4) is 0 Å². The zero-order valence-corrected chi connectivity index (χ0v) is 7.03. The molecule has 1 aliphatic rings. The SMILES string of the molecule is Cc1ocnc1CN1CC(O)C1. The molecule has 0 spiro atoms. The van der Waals surface area contributed by atoms with E-state index in [0.717, 1.165) is 31.1 Å². The van der Waals surface area contributed by atoms with E-state index in [0.29, 0.717) is 0 Å². The van der Waals surface area contributed by atoms with Crippen molar-refractivity contribution in [3.05, 3.63) is 17.8 Å². The van der Waals surface area contributed by atoms with Crippen LogP contribution >= 0.6 is 0 Å². The third-order valence-corrected chi connectivity index (χ3v) is 2.16. The van der Waals surface area contributed by atoms with Crippen molar-refractivity contribution in [2.45, 2.75) is 19.6 Å². The van der Waals surface area contributed by atoms with Gasteiger partial charge in [0.15, 0.2) is 6.39 Å². The molecule has 12 heavy (non-hydrogen) atoms. The molecule has 0 unspecified atom stereocenters. The number of aryl methyl sites for hydroxylation is 1. The monoisotopic (exact) mass is 168 g/mol. The summed E-state index contributed by atoms with van der Waals surface area (Å²) in [5, 5.41) is 9.03. The number of aliphatic hydroxyl groups excluding tert-OH is 1. The Morgan fingerprint density at radius 1 is 1.75 bits per heavy atom. The Balaban J connectivity index is 1.92. The van der Waals surface area contributed by atoms with Gasteiger partial charge in [-0.2, -0.15) is 0 Å². The van der Waals surface area contributed by atoms with Gasteiger partial charge in [-0.05, 0) is 6.92 Å². The van der Waals surface area contributed by atoms with Gasteiger partial charge in [0.2, 0.25) is 0 Å². The number of hydrogen-bond acceptors (Lipinski definition) is 4.